The van der Waals surface area contributed by atoms with Crippen LogP contribution in [0.1, 0.15) is 12.8 Å². The van der Waals surface area contributed by atoms with Crippen molar-refractivity contribution >= 4 is 17.4 Å². The van der Waals surface area contributed by atoms with Gasteiger partial charge in [0.15, 0.2) is 11.6 Å². The summed E-state index contributed by atoms with van der Waals surface area (Å²) in [5.41, 5.74) is 0.0250. The van der Waals surface area contributed by atoms with E-state index in [-0.39, 0.29) is 24.5 Å². The second kappa shape index (κ2) is 6.71. The van der Waals surface area contributed by atoms with E-state index in [0.29, 0.717) is 13.1 Å². The molecule has 7 heteroatoms. The molecular formula is C14H19F2N3O2. The first-order chi connectivity index (χ1) is 10.0. The Morgan fingerprint density at radius 2 is 1.90 bits per heavy atom. The average Bonchev–Trinajstić information content (AvgIpc) is 2.91. The van der Waals surface area contributed by atoms with Crippen LogP contribution in [0.15, 0.2) is 12.1 Å². The molecule has 5 nitrogen and oxygen atoms in total. The summed E-state index contributed by atoms with van der Waals surface area (Å²) in [5.74, 6) is -1.37. The summed E-state index contributed by atoms with van der Waals surface area (Å²) in [6.07, 6.45) is 1.84. The van der Waals surface area contributed by atoms with E-state index >= 15 is 0 Å². The van der Waals surface area contributed by atoms with E-state index < -0.39 is 17.7 Å². The standard InChI is InChI=1S/C14H19F2N3O2/c1-18(6-7-20)14(21)17-10-8-11(15)13(12(16)9-10)19-4-2-3-5-19/h8-9,20H,2-7H2,1H3,(H,17,21). The zero-order valence-corrected chi connectivity index (χ0v) is 11.9. The topological polar surface area (TPSA) is 55.8 Å². The number of hydrogen-bond donors (Lipinski definition) is 2. The highest BCUT2D eigenvalue weighted by molar-refractivity contribution is 5.89. The van der Waals surface area contributed by atoms with E-state index in [9.17, 15) is 13.6 Å². The molecule has 0 atom stereocenters. The highest BCUT2D eigenvalue weighted by Crippen LogP contribution is 2.29. The Kier molecular flexibility index (Phi) is 4.95. The van der Waals surface area contributed by atoms with Gasteiger partial charge < -0.3 is 20.2 Å². The van der Waals surface area contributed by atoms with Crippen molar-refractivity contribution in [2.45, 2.75) is 12.8 Å². The van der Waals surface area contributed by atoms with Crippen LogP contribution in [-0.2, 0) is 0 Å². The highest BCUT2D eigenvalue weighted by Gasteiger charge is 2.21. The number of carbonyl (C=O) groups excluding carboxylic acids is 1. The van der Waals surface area contributed by atoms with Crippen molar-refractivity contribution in [3.8, 4) is 0 Å². The van der Waals surface area contributed by atoms with Crippen LogP contribution >= 0.6 is 0 Å². The fourth-order valence-electron chi connectivity index (χ4n) is 2.35. The number of halogens is 2. The Morgan fingerprint density at radius 3 is 2.43 bits per heavy atom. The minimum Gasteiger partial charge on any atom is -0.395 e. The minimum absolute atomic E-state index is 0.0331. The first-order valence-electron chi connectivity index (χ1n) is 6.90. The summed E-state index contributed by atoms with van der Waals surface area (Å²) in [6, 6.07) is 1.69. The lowest BCUT2D eigenvalue weighted by atomic mass is 10.2. The number of aliphatic hydroxyl groups is 1. The number of benzene rings is 1. The Hall–Kier alpha value is -1.89. The lowest BCUT2D eigenvalue weighted by Crippen LogP contribution is -2.33. The van der Waals surface area contributed by atoms with Crippen LogP contribution in [0, 0.1) is 11.6 Å². The van der Waals surface area contributed by atoms with Crippen molar-refractivity contribution in [1.82, 2.24) is 4.90 Å². The molecule has 2 amide bonds. The zero-order chi connectivity index (χ0) is 15.4. The van der Waals surface area contributed by atoms with Crippen LogP contribution in [0.3, 0.4) is 0 Å². The molecule has 0 unspecified atom stereocenters. The number of aliphatic hydroxyl groups excluding tert-OH is 1. The molecule has 2 N–H and O–H groups in total. The molecule has 21 heavy (non-hydrogen) atoms. The largest absolute Gasteiger partial charge is 0.395 e. The van der Waals surface area contributed by atoms with E-state index in [1.54, 1.807) is 4.90 Å². The van der Waals surface area contributed by atoms with Crippen LogP contribution in [0.25, 0.3) is 0 Å². The smallest absolute Gasteiger partial charge is 0.321 e. The maximum Gasteiger partial charge on any atom is 0.321 e. The molecule has 1 aliphatic heterocycles. The lowest BCUT2D eigenvalue weighted by molar-refractivity contribution is 0.202. The number of rotatable bonds is 4. The van der Waals surface area contributed by atoms with Crippen LogP contribution < -0.4 is 10.2 Å². The Balaban J connectivity index is 2.14. The van der Waals surface area contributed by atoms with Gasteiger partial charge in [0.1, 0.15) is 5.69 Å². The van der Waals surface area contributed by atoms with Crippen LogP contribution in [0.4, 0.5) is 25.0 Å². The summed E-state index contributed by atoms with van der Waals surface area (Å²) in [4.78, 5) is 14.6. The molecular weight excluding hydrogens is 280 g/mol. The second-order valence-electron chi connectivity index (χ2n) is 5.06. The fourth-order valence-corrected chi connectivity index (χ4v) is 2.35. The molecule has 0 aromatic heterocycles. The van der Waals surface area contributed by atoms with E-state index in [4.69, 9.17) is 5.11 Å². The normalized spacial score (nSPS) is 14.4. The predicted molar refractivity (Wildman–Crippen MR) is 76.5 cm³/mol. The van der Waals surface area contributed by atoms with Gasteiger partial charge in [-0.25, -0.2) is 13.6 Å². The monoisotopic (exact) mass is 299 g/mol. The van der Waals surface area contributed by atoms with Gasteiger partial charge in [-0.05, 0) is 25.0 Å². The van der Waals surface area contributed by atoms with E-state index in [1.807, 2.05) is 0 Å². The van der Waals surface area contributed by atoms with Crippen molar-refractivity contribution < 1.29 is 18.7 Å². The molecule has 1 aromatic rings. The fraction of sp³-hybridized carbons (Fsp3) is 0.500. The summed E-state index contributed by atoms with van der Waals surface area (Å²) in [6.45, 7) is 1.24. The van der Waals surface area contributed by atoms with Gasteiger partial charge in [-0.2, -0.15) is 0 Å². The van der Waals surface area contributed by atoms with Gasteiger partial charge in [0.05, 0.1) is 6.61 Å². The Morgan fingerprint density at radius 1 is 1.33 bits per heavy atom. The molecule has 1 heterocycles. The molecule has 1 fully saturated rings. The van der Waals surface area contributed by atoms with Gasteiger partial charge in [-0.1, -0.05) is 0 Å². The van der Waals surface area contributed by atoms with Gasteiger partial charge in [0.2, 0.25) is 0 Å². The van der Waals surface area contributed by atoms with Crippen molar-refractivity contribution in [3.63, 3.8) is 0 Å². The number of likely N-dealkylation sites (N-methyl/N-ethyl adjacent to an activating group) is 1. The molecule has 1 aliphatic rings. The van der Waals surface area contributed by atoms with Gasteiger partial charge in [-0.3, -0.25) is 0 Å². The van der Waals surface area contributed by atoms with Crippen LogP contribution in [0.2, 0.25) is 0 Å². The molecule has 0 aliphatic carbocycles. The highest BCUT2D eigenvalue weighted by atomic mass is 19.1. The number of carbonyl (C=O) groups is 1. The summed E-state index contributed by atoms with van der Waals surface area (Å²) in [5, 5.41) is 11.2. The van der Waals surface area contributed by atoms with E-state index in [1.165, 1.54) is 11.9 Å². The lowest BCUT2D eigenvalue weighted by Gasteiger charge is -2.21. The molecule has 0 saturated carbocycles. The van der Waals surface area contributed by atoms with Crippen molar-refractivity contribution in [1.29, 1.82) is 0 Å². The summed E-state index contributed by atoms with van der Waals surface area (Å²) in [7, 11) is 1.48. The second-order valence-corrected chi connectivity index (χ2v) is 5.06. The molecule has 0 spiro atoms. The quantitative estimate of drug-likeness (QED) is 0.894. The minimum atomic E-state index is -0.683. The first-order valence-corrected chi connectivity index (χ1v) is 6.90. The SMILES string of the molecule is CN(CCO)C(=O)Nc1cc(F)c(N2CCCC2)c(F)c1. The van der Waals surface area contributed by atoms with E-state index in [2.05, 4.69) is 5.32 Å². The molecule has 116 valence electrons. The van der Waals surface area contributed by atoms with Crippen molar-refractivity contribution in [2.24, 2.45) is 0 Å². The van der Waals surface area contributed by atoms with Crippen molar-refractivity contribution in [3.05, 3.63) is 23.8 Å². The number of amides is 2. The molecule has 0 bridgehead atoms. The van der Waals surface area contributed by atoms with Gasteiger partial charge in [0.25, 0.3) is 0 Å². The first kappa shape index (κ1) is 15.5. The van der Waals surface area contributed by atoms with Gasteiger partial charge in [0, 0.05) is 32.4 Å². The third-order valence-electron chi connectivity index (χ3n) is 3.47. The number of urea groups is 1. The number of nitrogens with one attached hydrogen (secondary N) is 1. The third kappa shape index (κ3) is 3.60. The number of nitrogens with zero attached hydrogens (tertiary/aromatic N) is 2. The molecule has 1 aromatic carbocycles. The van der Waals surface area contributed by atoms with E-state index in [0.717, 1.165) is 25.0 Å². The van der Waals surface area contributed by atoms with Gasteiger partial charge >= 0.3 is 6.03 Å². The maximum atomic E-state index is 14.1. The molecule has 2 rings (SSSR count). The summed E-state index contributed by atoms with van der Waals surface area (Å²) < 4.78 is 28.2. The zero-order valence-electron chi connectivity index (χ0n) is 11.9. The molecule has 0 radical (unpaired) electrons. The predicted octanol–water partition coefficient (Wildman–Crippen LogP) is 2.02. The molecule has 1 saturated heterocycles. The maximum absolute atomic E-state index is 14.1. The number of hydrogen-bond acceptors (Lipinski definition) is 3. The van der Waals surface area contributed by atoms with Gasteiger partial charge in [-0.15, -0.1) is 0 Å². The van der Waals surface area contributed by atoms with Crippen LogP contribution in [0.5, 0.6) is 0 Å². The number of anilines is 2. The van der Waals surface area contributed by atoms with Crippen LogP contribution in [-0.4, -0.2) is 49.3 Å². The Labute approximate surface area is 122 Å². The Bertz CT molecular complexity index is 496. The summed E-state index contributed by atoms with van der Waals surface area (Å²) >= 11 is 0. The average molecular weight is 299 g/mol. The van der Waals surface area contributed by atoms with Crippen molar-refractivity contribution in [2.75, 3.05) is 43.5 Å². The third-order valence-corrected chi connectivity index (χ3v) is 3.47.